The number of hydrogen-bond acceptors (Lipinski definition) is 4. The van der Waals surface area contributed by atoms with E-state index in [1.54, 1.807) is 0 Å². The Labute approximate surface area is 129 Å². The zero-order chi connectivity index (χ0) is 15.2. The van der Waals surface area contributed by atoms with Gasteiger partial charge in [-0.25, -0.2) is 4.79 Å². The van der Waals surface area contributed by atoms with Gasteiger partial charge in [-0.05, 0) is 35.0 Å². The van der Waals surface area contributed by atoms with Crippen LogP contribution in [0.15, 0.2) is 44.5 Å². The number of aryl methyl sites for hydroxylation is 1. The van der Waals surface area contributed by atoms with Crippen LogP contribution in [0.2, 0.25) is 0 Å². The molecule has 0 aliphatic carbocycles. The molecule has 7 heteroatoms. The van der Waals surface area contributed by atoms with Gasteiger partial charge in [-0.3, -0.25) is 14.3 Å². The van der Waals surface area contributed by atoms with Crippen molar-refractivity contribution >= 4 is 15.9 Å². The quantitative estimate of drug-likeness (QED) is 0.800. The Hall–Kier alpha value is -1.86. The molecule has 0 aliphatic heterocycles. The number of H-pyrrole nitrogens is 1. The first-order valence-corrected chi connectivity index (χ1v) is 7.12. The van der Waals surface area contributed by atoms with Crippen molar-refractivity contribution in [3.63, 3.8) is 0 Å². The van der Waals surface area contributed by atoms with Gasteiger partial charge < -0.3 is 9.47 Å². The van der Waals surface area contributed by atoms with Crippen molar-refractivity contribution in [3.05, 3.63) is 61.3 Å². The van der Waals surface area contributed by atoms with Crippen molar-refractivity contribution in [2.75, 3.05) is 13.2 Å². The zero-order valence-electron chi connectivity index (χ0n) is 11.5. The summed E-state index contributed by atoms with van der Waals surface area (Å²) in [5, 5.41) is 0. The highest BCUT2D eigenvalue weighted by molar-refractivity contribution is 9.10. The molecule has 0 saturated heterocycles. The molecule has 0 atom stereocenters. The third-order valence-electron chi connectivity index (χ3n) is 2.72. The van der Waals surface area contributed by atoms with Gasteiger partial charge >= 0.3 is 5.69 Å². The van der Waals surface area contributed by atoms with Crippen molar-refractivity contribution in [1.82, 2.24) is 9.55 Å². The standard InChI is InChI=1S/C14H15BrN2O4/c1-10-2-4-11(5-3-10)21-7-6-20-9-17-8-12(15)13(18)16-14(17)19/h2-5,8H,6-7,9H2,1H3,(H,16,18,19). The number of benzene rings is 1. The highest BCUT2D eigenvalue weighted by atomic mass is 79.9. The van der Waals surface area contributed by atoms with E-state index in [4.69, 9.17) is 9.47 Å². The lowest BCUT2D eigenvalue weighted by Crippen LogP contribution is -2.30. The first-order valence-electron chi connectivity index (χ1n) is 6.33. The molecule has 1 heterocycles. The lowest BCUT2D eigenvalue weighted by molar-refractivity contribution is 0.0511. The predicted molar refractivity (Wildman–Crippen MR) is 81.6 cm³/mol. The maximum atomic E-state index is 11.5. The Kier molecular flexibility index (Phi) is 5.35. The van der Waals surface area contributed by atoms with Crippen LogP contribution in [0.3, 0.4) is 0 Å². The Balaban J connectivity index is 1.77. The van der Waals surface area contributed by atoms with E-state index in [9.17, 15) is 9.59 Å². The molecular weight excluding hydrogens is 340 g/mol. The van der Waals surface area contributed by atoms with Crippen LogP contribution in [0.25, 0.3) is 0 Å². The number of aromatic nitrogens is 2. The SMILES string of the molecule is Cc1ccc(OCCOCn2cc(Br)c(=O)[nH]c2=O)cc1. The van der Waals surface area contributed by atoms with Gasteiger partial charge in [0.15, 0.2) is 0 Å². The average molecular weight is 355 g/mol. The molecule has 2 aromatic rings. The van der Waals surface area contributed by atoms with E-state index in [-0.39, 0.29) is 11.2 Å². The van der Waals surface area contributed by atoms with Gasteiger partial charge in [0.25, 0.3) is 5.56 Å². The van der Waals surface area contributed by atoms with E-state index in [0.717, 1.165) is 5.75 Å². The number of rotatable bonds is 6. The highest BCUT2D eigenvalue weighted by Gasteiger charge is 2.01. The van der Waals surface area contributed by atoms with E-state index in [2.05, 4.69) is 20.9 Å². The molecule has 0 unspecified atom stereocenters. The van der Waals surface area contributed by atoms with Crippen molar-refractivity contribution in [2.45, 2.75) is 13.7 Å². The summed E-state index contributed by atoms with van der Waals surface area (Å²) in [5.74, 6) is 0.771. The minimum Gasteiger partial charge on any atom is -0.491 e. The first-order chi connectivity index (χ1) is 10.1. The van der Waals surface area contributed by atoms with Gasteiger partial charge in [-0.2, -0.15) is 0 Å². The van der Waals surface area contributed by atoms with Crippen LogP contribution >= 0.6 is 15.9 Å². The Morgan fingerprint density at radius 3 is 2.62 bits per heavy atom. The molecule has 6 nitrogen and oxygen atoms in total. The van der Waals surface area contributed by atoms with Crippen LogP contribution in [0, 0.1) is 6.92 Å². The van der Waals surface area contributed by atoms with E-state index in [0.29, 0.717) is 13.2 Å². The summed E-state index contributed by atoms with van der Waals surface area (Å²) >= 11 is 3.06. The molecule has 0 fully saturated rings. The lowest BCUT2D eigenvalue weighted by atomic mass is 10.2. The molecule has 2 rings (SSSR count). The van der Waals surface area contributed by atoms with E-state index in [1.807, 2.05) is 31.2 Å². The monoisotopic (exact) mass is 354 g/mol. The fourth-order valence-electron chi connectivity index (χ4n) is 1.59. The summed E-state index contributed by atoms with van der Waals surface area (Å²) in [6, 6.07) is 7.71. The second-order valence-electron chi connectivity index (χ2n) is 4.40. The molecule has 0 amide bonds. The number of ether oxygens (including phenoxy) is 2. The molecule has 1 aromatic heterocycles. The van der Waals surface area contributed by atoms with Gasteiger partial charge in [0.2, 0.25) is 0 Å². The topological polar surface area (TPSA) is 73.3 Å². The third kappa shape index (κ3) is 4.57. The molecule has 1 aromatic carbocycles. The minimum absolute atomic E-state index is 0.0471. The zero-order valence-corrected chi connectivity index (χ0v) is 13.1. The molecule has 1 N–H and O–H groups in total. The second kappa shape index (κ2) is 7.24. The third-order valence-corrected chi connectivity index (χ3v) is 3.28. The van der Waals surface area contributed by atoms with Crippen LogP contribution < -0.4 is 16.0 Å². The van der Waals surface area contributed by atoms with Crippen LogP contribution in [-0.4, -0.2) is 22.8 Å². The summed E-state index contributed by atoms with van der Waals surface area (Å²) in [6.45, 7) is 2.76. The van der Waals surface area contributed by atoms with Crippen molar-refractivity contribution in [3.8, 4) is 5.75 Å². The van der Waals surface area contributed by atoms with Crippen LogP contribution in [0.5, 0.6) is 5.75 Å². The summed E-state index contributed by atoms with van der Waals surface area (Å²) in [6.07, 6.45) is 1.39. The summed E-state index contributed by atoms with van der Waals surface area (Å²) in [5.41, 5.74) is 0.197. The molecule has 0 spiro atoms. The normalized spacial score (nSPS) is 10.6. The molecule has 0 radical (unpaired) electrons. The minimum atomic E-state index is -0.511. The van der Waals surface area contributed by atoms with Crippen LogP contribution in [0.1, 0.15) is 5.56 Å². The lowest BCUT2D eigenvalue weighted by Gasteiger charge is -2.08. The van der Waals surface area contributed by atoms with Crippen molar-refractivity contribution < 1.29 is 9.47 Å². The summed E-state index contributed by atoms with van der Waals surface area (Å²) < 4.78 is 12.4. The largest absolute Gasteiger partial charge is 0.491 e. The number of aromatic amines is 1. The number of nitrogens with zero attached hydrogens (tertiary/aromatic N) is 1. The van der Waals surface area contributed by atoms with Crippen molar-refractivity contribution in [1.29, 1.82) is 0 Å². The Morgan fingerprint density at radius 2 is 1.90 bits per heavy atom. The number of nitrogens with one attached hydrogen (secondary N) is 1. The van der Waals surface area contributed by atoms with Gasteiger partial charge in [-0.15, -0.1) is 0 Å². The second-order valence-corrected chi connectivity index (χ2v) is 5.26. The smallest absolute Gasteiger partial charge is 0.330 e. The summed E-state index contributed by atoms with van der Waals surface area (Å²) in [4.78, 5) is 24.8. The van der Waals surface area contributed by atoms with Gasteiger partial charge in [0.05, 0.1) is 11.1 Å². The number of hydrogen-bond donors (Lipinski definition) is 1. The molecule has 0 aliphatic rings. The molecular formula is C14H15BrN2O4. The molecule has 0 bridgehead atoms. The van der Waals surface area contributed by atoms with E-state index in [1.165, 1.54) is 16.3 Å². The Bertz CT molecular complexity index is 706. The maximum absolute atomic E-state index is 11.5. The molecule has 0 saturated carbocycles. The van der Waals surface area contributed by atoms with E-state index >= 15 is 0 Å². The van der Waals surface area contributed by atoms with Gasteiger partial charge in [-0.1, -0.05) is 17.7 Å². The fourth-order valence-corrected chi connectivity index (χ4v) is 1.94. The highest BCUT2D eigenvalue weighted by Crippen LogP contribution is 2.10. The molecule has 21 heavy (non-hydrogen) atoms. The number of halogens is 1. The van der Waals surface area contributed by atoms with Gasteiger partial charge in [0, 0.05) is 6.20 Å². The molecule has 112 valence electrons. The van der Waals surface area contributed by atoms with Crippen LogP contribution in [0.4, 0.5) is 0 Å². The fraction of sp³-hybridized carbons (Fsp3) is 0.286. The maximum Gasteiger partial charge on any atom is 0.330 e. The first kappa shape index (κ1) is 15.5. The average Bonchev–Trinajstić information content (AvgIpc) is 2.46. The Morgan fingerprint density at radius 1 is 1.19 bits per heavy atom. The van der Waals surface area contributed by atoms with E-state index < -0.39 is 11.2 Å². The van der Waals surface area contributed by atoms with Crippen LogP contribution in [-0.2, 0) is 11.5 Å². The van der Waals surface area contributed by atoms with Crippen molar-refractivity contribution in [2.24, 2.45) is 0 Å². The summed E-state index contributed by atoms with van der Waals surface area (Å²) in [7, 11) is 0. The predicted octanol–water partition coefficient (Wildman–Crippen LogP) is 1.66. The van der Waals surface area contributed by atoms with Gasteiger partial charge in [0.1, 0.15) is 19.1 Å².